The summed E-state index contributed by atoms with van der Waals surface area (Å²) in [6, 6.07) is 8.00. The van der Waals surface area contributed by atoms with Gasteiger partial charge in [-0.2, -0.15) is 0 Å². The highest BCUT2D eigenvalue weighted by atomic mass is 127. The molecule has 0 radical (unpaired) electrons. The van der Waals surface area contributed by atoms with E-state index in [1.165, 1.54) is 0 Å². The SMILES string of the molecule is COc1c(C)cc(Br)c(C)c1C(N)c1cc(I)ccc1Br. The Morgan fingerprint density at radius 1 is 1.14 bits per heavy atom. The van der Waals surface area contributed by atoms with E-state index in [1.54, 1.807) is 7.11 Å². The predicted molar refractivity (Wildman–Crippen MR) is 103 cm³/mol. The number of benzene rings is 2. The topological polar surface area (TPSA) is 35.2 Å². The summed E-state index contributed by atoms with van der Waals surface area (Å²) >= 11 is 9.51. The molecule has 2 N–H and O–H groups in total. The molecule has 112 valence electrons. The van der Waals surface area contributed by atoms with Crippen LogP contribution in [0.5, 0.6) is 5.75 Å². The Kier molecular flexibility index (Phi) is 5.73. The summed E-state index contributed by atoms with van der Waals surface area (Å²) in [4.78, 5) is 0. The number of aryl methyl sites for hydroxylation is 1. The molecule has 2 aromatic carbocycles. The first-order chi connectivity index (χ1) is 9.86. The van der Waals surface area contributed by atoms with E-state index in [1.807, 2.05) is 13.0 Å². The highest BCUT2D eigenvalue weighted by Gasteiger charge is 2.22. The van der Waals surface area contributed by atoms with Gasteiger partial charge in [-0.05, 0) is 77.4 Å². The molecular weight excluding hydrogens is 509 g/mol. The van der Waals surface area contributed by atoms with Crippen LogP contribution in [0, 0.1) is 17.4 Å². The van der Waals surface area contributed by atoms with Crippen LogP contribution in [0.2, 0.25) is 0 Å². The van der Waals surface area contributed by atoms with Crippen molar-refractivity contribution in [1.82, 2.24) is 0 Å². The Morgan fingerprint density at radius 2 is 1.81 bits per heavy atom. The first-order valence-electron chi connectivity index (χ1n) is 6.41. The summed E-state index contributed by atoms with van der Waals surface area (Å²) in [6.07, 6.45) is 0. The van der Waals surface area contributed by atoms with Crippen LogP contribution in [0.4, 0.5) is 0 Å². The molecule has 1 atom stereocenters. The van der Waals surface area contributed by atoms with Gasteiger partial charge in [0.25, 0.3) is 0 Å². The van der Waals surface area contributed by atoms with Crippen molar-refractivity contribution in [2.45, 2.75) is 19.9 Å². The average molecular weight is 525 g/mol. The van der Waals surface area contributed by atoms with Gasteiger partial charge in [-0.1, -0.05) is 31.9 Å². The van der Waals surface area contributed by atoms with Crippen LogP contribution < -0.4 is 10.5 Å². The van der Waals surface area contributed by atoms with Crippen molar-refractivity contribution in [1.29, 1.82) is 0 Å². The number of nitrogens with two attached hydrogens (primary N) is 1. The quantitative estimate of drug-likeness (QED) is 0.539. The molecule has 2 nitrogen and oxygen atoms in total. The van der Waals surface area contributed by atoms with Crippen molar-refractivity contribution < 1.29 is 4.74 Å². The first kappa shape index (κ1) is 17.2. The minimum absolute atomic E-state index is 0.250. The molecule has 0 saturated carbocycles. The van der Waals surface area contributed by atoms with Crippen LogP contribution in [0.3, 0.4) is 0 Å². The van der Waals surface area contributed by atoms with Gasteiger partial charge in [0.05, 0.1) is 13.2 Å². The van der Waals surface area contributed by atoms with Crippen molar-refractivity contribution in [3.63, 3.8) is 0 Å². The van der Waals surface area contributed by atoms with Gasteiger partial charge < -0.3 is 10.5 Å². The molecule has 21 heavy (non-hydrogen) atoms. The van der Waals surface area contributed by atoms with Crippen LogP contribution in [0.15, 0.2) is 33.2 Å². The van der Waals surface area contributed by atoms with Crippen molar-refractivity contribution >= 4 is 54.5 Å². The lowest BCUT2D eigenvalue weighted by atomic mass is 9.93. The zero-order valence-corrected chi connectivity index (χ0v) is 17.3. The van der Waals surface area contributed by atoms with Gasteiger partial charge in [0.1, 0.15) is 5.75 Å². The van der Waals surface area contributed by atoms with Crippen LogP contribution in [-0.4, -0.2) is 7.11 Å². The molecule has 0 aromatic heterocycles. The second kappa shape index (κ2) is 6.98. The molecule has 0 fully saturated rings. The summed E-state index contributed by atoms with van der Waals surface area (Å²) in [5.74, 6) is 0.856. The standard InChI is InChI=1S/C16H16Br2INO/c1-8-6-13(18)9(2)14(16(8)21-3)15(20)11-7-10(19)4-5-12(11)17/h4-7,15H,20H2,1-3H3. The zero-order valence-electron chi connectivity index (χ0n) is 12.0. The van der Waals surface area contributed by atoms with Crippen molar-refractivity contribution in [2.75, 3.05) is 7.11 Å². The molecule has 0 aliphatic heterocycles. The Bertz CT molecular complexity index is 688. The van der Waals surface area contributed by atoms with E-state index >= 15 is 0 Å². The summed E-state index contributed by atoms with van der Waals surface area (Å²) in [7, 11) is 1.69. The van der Waals surface area contributed by atoms with E-state index in [0.29, 0.717) is 0 Å². The maximum atomic E-state index is 6.57. The average Bonchev–Trinajstić information content (AvgIpc) is 2.44. The van der Waals surface area contributed by atoms with Gasteiger partial charge in [0.15, 0.2) is 0 Å². The maximum absolute atomic E-state index is 6.57. The van der Waals surface area contributed by atoms with Crippen LogP contribution in [-0.2, 0) is 0 Å². The smallest absolute Gasteiger partial charge is 0.127 e. The van der Waals surface area contributed by atoms with Gasteiger partial charge >= 0.3 is 0 Å². The van der Waals surface area contributed by atoms with E-state index in [9.17, 15) is 0 Å². The molecular formula is C16H16Br2INO. The largest absolute Gasteiger partial charge is 0.496 e. The monoisotopic (exact) mass is 523 g/mol. The number of hydrogen-bond acceptors (Lipinski definition) is 2. The van der Waals surface area contributed by atoms with Crippen LogP contribution >= 0.6 is 54.5 Å². The Balaban J connectivity index is 2.68. The summed E-state index contributed by atoms with van der Waals surface area (Å²) < 4.78 is 8.82. The van der Waals surface area contributed by atoms with E-state index in [2.05, 4.69) is 79.6 Å². The predicted octanol–water partition coefficient (Wildman–Crippen LogP) is 5.49. The third-order valence-corrected chi connectivity index (χ3v) is 5.73. The second-order valence-electron chi connectivity index (χ2n) is 4.89. The van der Waals surface area contributed by atoms with Crippen molar-refractivity contribution in [2.24, 2.45) is 5.73 Å². The third-order valence-electron chi connectivity index (χ3n) is 3.52. The van der Waals surface area contributed by atoms with Gasteiger partial charge in [0.2, 0.25) is 0 Å². The molecule has 0 saturated heterocycles. The minimum Gasteiger partial charge on any atom is -0.496 e. The number of methoxy groups -OCH3 is 1. The number of hydrogen-bond donors (Lipinski definition) is 1. The highest BCUT2D eigenvalue weighted by Crippen LogP contribution is 2.39. The van der Waals surface area contributed by atoms with Gasteiger partial charge in [-0.15, -0.1) is 0 Å². The van der Waals surface area contributed by atoms with Gasteiger partial charge in [-0.3, -0.25) is 0 Å². The fourth-order valence-electron chi connectivity index (χ4n) is 2.43. The van der Waals surface area contributed by atoms with Crippen LogP contribution in [0.25, 0.3) is 0 Å². The number of rotatable bonds is 3. The lowest BCUT2D eigenvalue weighted by Gasteiger charge is -2.22. The molecule has 0 amide bonds. The minimum atomic E-state index is -0.250. The second-order valence-corrected chi connectivity index (χ2v) is 7.85. The number of ether oxygens (including phenoxy) is 1. The molecule has 0 bridgehead atoms. The Hall–Kier alpha value is -0.110. The lowest BCUT2D eigenvalue weighted by molar-refractivity contribution is 0.404. The molecule has 0 spiro atoms. The summed E-state index contributed by atoms with van der Waals surface area (Å²) in [6.45, 7) is 4.09. The van der Waals surface area contributed by atoms with Crippen molar-refractivity contribution in [3.05, 3.63) is 59.0 Å². The molecule has 5 heteroatoms. The van der Waals surface area contributed by atoms with Crippen LogP contribution in [0.1, 0.15) is 28.3 Å². The normalized spacial score (nSPS) is 12.3. The Labute approximate surface area is 155 Å². The summed E-state index contributed by atoms with van der Waals surface area (Å²) in [5, 5.41) is 0. The molecule has 2 aromatic rings. The fourth-order valence-corrected chi connectivity index (χ4v) is 3.99. The molecule has 0 aliphatic carbocycles. The molecule has 0 aliphatic rings. The zero-order chi connectivity index (χ0) is 15.7. The maximum Gasteiger partial charge on any atom is 0.127 e. The van der Waals surface area contributed by atoms with E-state index in [-0.39, 0.29) is 6.04 Å². The fraction of sp³-hybridized carbons (Fsp3) is 0.250. The summed E-state index contributed by atoms with van der Waals surface area (Å²) in [5.41, 5.74) is 10.8. The molecule has 0 heterocycles. The third kappa shape index (κ3) is 3.46. The molecule has 1 unspecified atom stereocenters. The van der Waals surface area contributed by atoms with E-state index < -0.39 is 0 Å². The van der Waals surface area contributed by atoms with E-state index in [4.69, 9.17) is 10.5 Å². The lowest BCUT2D eigenvalue weighted by Crippen LogP contribution is -2.16. The number of halogens is 3. The highest BCUT2D eigenvalue weighted by molar-refractivity contribution is 14.1. The Morgan fingerprint density at radius 3 is 2.43 bits per heavy atom. The molecule has 2 rings (SSSR count). The van der Waals surface area contributed by atoms with Gasteiger partial charge in [0, 0.05) is 18.1 Å². The van der Waals surface area contributed by atoms with E-state index in [0.717, 1.165) is 40.5 Å². The van der Waals surface area contributed by atoms with Crippen molar-refractivity contribution in [3.8, 4) is 5.75 Å². The first-order valence-corrected chi connectivity index (χ1v) is 9.07. The van der Waals surface area contributed by atoms with Gasteiger partial charge in [-0.25, -0.2) is 0 Å².